The van der Waals surface area contributed by atoms with Crippen LogP contribution in [0.4, 0.5) is 15.0 Å². The first-order valence-corrected chi connectivity index (χ1v) is 11.0. The zero-order valence-electron chi connectivity index (χ0n) is 18.7. The van der Waals surface area contributed by atoms with Gasteiger partial charge in [-0.25, -0.2) is 19.0 Å². The fourth-order valence-corrected chi connectivity index (χ4v) is 4.43. The summed E-state index contributed by atoms with van der Waals surface area (Å²) in [5.74, 6) is -0.616. The Labute approximate surface area is 194 Å². The molecule has 4 heterocycles. The van der Waals surface area contributed by atoms with Crippen molar-refractivity contribution in [2.75, 3.05) is 24.5 Å². The van der Waals surface area contributed by atoms with Crippen molar-refractivity contribution in [3.8, 4) is 5.69 Å². The molecule has 0 spiro atoms. The number of aryl methyl sites for hydroxylation is 1. The molecule has 174 valence electrons. The number of fused-ring (bicyclic) bond motifs is 1. The van der Waals surface area contributed by atoms with Crippen LogP contribution in [0.5, 0.6) is 0 Å². The van der Waals surface area contributed by atoms with Gasteiger partial charge in [0.2, 0.25) is 0 Å². The van der Waals surface area contributed by atoms with Gasteiger partial charge in [-0.2, -0.15) is 4.98 Å². The number of pyridine rings is 2. The molecule has 1 aliphatic heterocycles. The third kappa shape index (κ3) is 3.88. The van der Waals surface area contributed by atoms with Crippen LogP contribution in [0.25, 0.3) is 16.6 Å². The predicted octanol–water partition coefficient (Wildman–Crippen LogP) is 3.59. The van der Waals surface area contributed by atoms with Crippen LogP contribution in [0, 0.1) is 12.7 Å². The highest BCUT2D eigenvalue weighted by atomic mass is 35.5. The molecule has 1 fully saturated rings. The molecule has 1 saturated heterocycles. The second-order valence-corrected chi connectivity index (χ2v) is 8.82. The van der Waals surface area contributed by atoms with E-state index in [2.05, 4.69) is 15.0 Å². The van der Waals surface area contributed by atoms with E-state index in [-0.39, 0.29) is 41.5 Å². The lowest BCUT2D eigenvalue weighted by atomic mass is 10.0. The summed E-state index contributed by atoms with van der Waals surface area (Å²) in [6.07, 6.45) is 2.04. The van der Waals surface area contributed by atoms with Gasteiger partial charge in [0.25, 0.3) is 0 Å². The molecule has 0 aliphatic carbocycles. The first kappa shape index (κ1) is 22.9. The molecule has 3 aromatic rings. The number of rotatable bonds is 3. The van der Waals surface area contributed by atoms with Crippen LogP contribution in [-0.2, 0) is 0 Å². The number of amides is 1. The van der Waals surface area contributed by atoms with Crippen molar-refractivity contribution in [2.24, 2.45) is 0 Å². The molecule has 0 aromatic carbocycles. The molecule has 1 aliphatic rings. The summed E-state index contributed by atoms with van der Waals surface area (Å²) < 4.78 is 16.7. The largest absolute Gasteiger partial charge is 0.465 e. The van der Waals surface area contributed by atoms with Gasteiger partial charge in [0.05, 0.1) is 16.8 Å². The molecule has 0 bridgehead atoms. The van der Waals surface area contributed by atoms with Crippen LogP contribution in [-0.4, -0.2) is 61.3 Å². The minimum atomic E-state index is -1.01. The van der Waals surface area contributed by atoms with Gasteiger partial charge in [-0.3, -0.25) is 9.55 Å². The Morgan fingerprint density at radius 1 is 1.30 bits per heavy atom. The van der Waals surface area contributed by atoms with Gasteiger partial charge in [-0.15, -0.1) is 0 Å². The van der Waals surface area contributed by atoms with Crippen LogP contribution >= 0.6 is 11.6 Å². The normalized spacial score (nSPS) is 16.6. The zero-order chi connectivity index (χ0) is 24.0. The Morgan fingerprint density at radius 2 is 2.03 bits per heavy atom. The van der Waals surface area contributed by atoms with E-state index in [1.807, 2.05) is 32.6 Å². The maximum absolute atomic E-state index is 15.5. The number of nitrogens with zero attached hydrogens (tertiary/aromatic N) is 6. The first-order chi connectivity index (χ1) is 15.6. The van der Waals surface area contributed by atoms with Crippen molar-refractivity contribution in [3.05, 3.63) is 51.2 Å². The van der Waals surface area contributed by atoms with Crippen LogP contribution in [0.3, 0.4) is 0 Å². The average molecular weight is 475 g/mol. The molecule has 1 amide bonds. The number of carbonyl (C=O) groups is 1. The summed E-state index contributed by atoms with van der Waals surface area (Å²) in [6, 6.07) is 1.47. The first-order valence-electron chi connectivity index (χ1n) is 10.6. The van der Waals surface area contributed by atoms with Gasteiger partial charge in [0, 0.05) is 38.1 Å². The highest BCUT2D eigenvalue weighted by Gasteiger charge is 2.31. The molecule has 11 heteroatoms. The molecule has 4 rings (SSSR count). The number of anilines is 1. The quantitative estimate of drug-likeness (QED) is 0.578. The second-order valence-electron chi connectivity index (χ2n) is 8.47. The Bertz CT molecular complexity index is 1310. The highest BCUT2D eigenvalue weighted by molar-refractivity contribution is 6.30. The van der Waals surface area contributed by atoms with Crippen LogP contribution < -0.4 is 10.6 Å². The van der Waals surface area contributed by atoms with Crippen LogP contribution in [0.15, 0.2) is 23.3 Å². The summed E-state index contributed by atoms with van der Waals surface area (Å²) in [6.45, 7) is 8.29. The maximum atomic E-state index is 15.5. The fraction of sp³-hybridized carbons (Fsp3) is 0.409. The second kappa shape index (κ2) is 8.58. The Balaban J connectivity index is 2.01. The molecular formula is C22H24ClFN6O3. The van der Waals surface area contributed by atoms with Crippen molar-refractivity contribution in [1.29, 1.82) is 0 Å². The van der Waals surface area contributed by atoms with Crippen LogP contribution in [0.2, 0.25) is 5.15 Å². The lowest BCUT2D eigenvalue weighted by Gasteiger charge is -2.39. The summed E-state index contributed by atoms with van der Waals surface area (Å²) >= 11 is 6.04. The van der Waals surface area contributed by atoms with Crippen molar-refractivity contribution < 1.29 is 14.3 Å². The third-order valence-electron chi connectivity index (χ3n) is 5.90. The van der Waals surface area contributed by atoms with E-state index in [1.165, 1.54) is 15.7 Å². The van der Waals surface area contributed by atoms with Gasteiger partial charge >= 0.3 is 11.8 Å². The summed E-state index contributed by atoms with van der Waals surface area (Å²) in [4.78, 5) is 40.6. The number of piperazine rings is 1. The lowest BCUT2D eigenvalue weighted by molar-refractivity contribution is 0.136. The van der Waals surface area contributed by atoms with Gasteiger partial charge in [0.15, 0.2) is 11.0 Å². The SMILES string of the molecule is Cc1ccnc(C(C)C)c1-n1c(=O)nc(N2CCN(C(=O)O)C[C@@H]2C)c2cnc(Cl)c(F)c21. The number of halogens is 2. The van der Waals surface area contributed by atoms with E-state index in [9.17, 15) is 14.7 Å². The van der Waals surface area contributed by atoms with Gasteiger partial charge in [0.1, 0.15) is 11.3 Å². The van der Waals surface area contributed by atoms with E-state index < -0.39 is 17.6 Å². The Kier molecular flexibility index (Phi) is 5.96. The van der Waals surface area contributed by atoms with Crippen LogP contribution in [0.1, 0.15) is 37.9 Å². The molecule has 33 heavy (non-hydrogen) atoms. The topological polar surface area (TPSA) is 104 Å². The molecule has 9 nitrogen and oxygen atoms in total. The lowest BCUT2D eigenvalue weighted by Crippen LogP contribution is -2.54. The summed E-state index contributed by atoms with van der Waals surface area (Å²) in [5, 5.41) is 9.27. The third-order valence-corrected chi connectivity index (χ3v) is 6.17. The Hall–Kier alpha value is -3.27. The van der Waals surface area contributed by atoms with E-state index in [4.69, 9.17) is 11.6 Å². The summed E-state index contributed by atoms with van der Waals surface area (Å²) in [5.41, 5.74) is 1.12. The fourth-order valence-electron chi connectivity index (χ4n) is 4.29. The highest BCUT2D eigenvalue weighted by Crippen LogP contribution is 2.33. The minimum Gasteiger partial charge on any atom is -0.465 e. The van der Waals surface area contributed by atoms with Gasteiger partial charge in [-0.05, 0) is 31.4 Å². The molecule has 0 saturated carbocycles. The maximum Gasteiger partial charge on any atom is 0.407 e. The Morgan fingerprint density at radius 3 is 2.67 bits per heavy atom. The summed E-state index contributed by atoms with van der Waals surface area (Å²) in [7, 11) is 0. The van der Waals surface area contributed by atoms with E-state index in [1.54, 1.807) is 12.3 Å². The van der Waals surface area contributed by atoms with Crippen molar-refractivity contribution in [1.82, 2.24) is 24.4 Å². The van der Waals surface area contributed by atoms with Gasteiger partial charge in [-0.1, -0.05) is 25.4 Å². The molecule has 1 N–H and O–H groups in total. The zero-order valence-corrected chi connectivity index (χ0v) is 19.5. The number of hydrogen-bond acceptors (Lipinski definition) is 6. The van der Waals surface area contributed by atoms with E-state index in [0.29, 0.717) is 23.3 Å². The van der Waals surface area contributed by atoms with Crippen molar-refractivity contribution >= 4 is 34.4 Å². The van der Waals surface area contributed by atoms with Gasteiger partial charge < -0.3 is 14.9 Å². The van der Waals surface area contributed by atoms with Crippen molar-refractivity contribution in [2.45, 2.75) is 39.7 Å². The molecule has 0 radical (unpaired) electrons. The average Bonchev–Trinajstić information content (AvgIpc) is 2.76. The molecule has 1 atom stereocenters. The minimum absolute atomic E-state index is 0.0316. The predicted molar refractivity (Wildman–Crippen MR) is 123 cm³/mol. The monoisotopic (exact) mass is 474 g/mol. The molecule has 0 unspecified atom stereocenters. The standard InChI is InChI=1S/C22H24ClFN6O3/c1-11(2)16-17(12(3)5-6-25-16)30-18-14(9-26-19(23)15(18)24)20(27-21(30)31)29-8-7-28(22(32)33)10-13(29)4/h5-6,9,11,13H,7-8,10H2,1-4H3,(H,32,33)/t13-/m0/s1. The van der Waals surface area contributed by atoms with Crippen molar-refractivity contribution in [3.63, 3.8) is 0 Å². The number of aromatic nitrogens is 4. The molecular weight excluding hydrogens is 451 g/mol. The number of carboxylic acid groups (broad SMARTS) is 1. The van der Waals surface area contributed by atoms with E-state index >= 15 is 4.39 Å². The molecule has 3 aromatic heterocycles. The number of hydrogen-bond donors (Lipinski definition) is 1. The smallest absolute Gasteiger partial charge is 0.407 e. The van der Waals surface area contributed by atoms with E-state index in [0.717, 1.165) is 5.56 Å².